The van der Waals surface area contributed by atoms with E-state index in [2.05, 4.69) is 22.9 Å². The zero-order chi connectivity index (χ0) is 14.8. The molecule has 3 aromatic rings. The number of benzene rings is 2. The second-order valence-corrected chi connectivity index (χ2v) is 6.34. The fourth-order valence-corrected chi connectivity index (χ4v) is 3.39. The first-order valence-electron chi connectivity index (χ1n) is 6.93. The smallest absolute Gasteiger partial charge is 0.123 e. The molecule has 0 aliphatic rings. The molecule has 0 aliphatic carbocycles. The molecule has 108 valence electrons. The molecule has 2 aromatic carbocycles. The van der Waals surface area contributed by atoms with Crippen molar-refractivity contribution in [3.63, 3.8) is 0 Å². The van der Waals surface area contributed by atoms with E-state index < -0.39 is 0 Å². The molecule has 2 nitrogen and oxygen atoms in total. The summed E-state index contributed by atoms with van der Waals surface area (Å²) in [6.07, 6.45) is 0. The summed E-state index contributed by atoms with van der Waals surface area (Å²) in [5.74, 6) is -0.187. The molecule has 0 bridgehead atoms. The molecule has 0 saturated heterocycles. The van der Waals surface area contributed by atoms with E-state index in [1.165, 1.54) is 10.8 Å². The highest BCUT2D eigenvalue weighted by Crippen LogP contribution is 2.26. The SMILES string of the molecule is CC(c1cccc(F)c1)N(C)Cc1nc2ccccc2s1. The van der Waals surface area contributed by atoms with Crippen LogP contribution in [0.4, 0.5) is 4.39 Å². The van der Waals surface area contributed by atoms with Gasteiger partial charge in [-0.15, -0.1) is 11.3 Å². The van der Waals surface area contributed by atoms with Crippen LogP contribution < -0.4 is 0 Å². The van der Waals surface area contributed by atoms with Crippen LogP contribution in [-0.2, 0) is 6.54 Å². The first-order chi connectivity index (χ1) is 10.1. The van der Waals surface area contributed by atoms with Crippen LogP contribution in [0.15, 0.2) is 48.5 Å². The Morgan fingerprint density at radius 2 is 2.00 bits per heavy atom. The molecule has 0 fully saturated rings. The minimum Gasteiger partial charge on any atom is -0.293 e. The average molecular weight is 300 g/mol. The molecule has 1 heterocycles. The average Bonchev–Trinajstić information content (AvgIpc) is 2.88. The lowest BCUT2D eigenvalue weighted by Gasteiger charge is -2.24. The van der Waals surface area contributed by atoms with Crippen LogP contribution in [0.2, 0.25) is 0 Å². The Hall–Kier alpha value is -1.78. The summed E-state index contributed by atoms with van der Waals surface area (Å²) in [6.45, 7) is 2.85. The van der Waals surface area contributed by atoms with Gasteiger partial charge in [-0.3, -0.25) is 4.90 Å². The van der Waals surface area contributed by atoms with Crippen LogP contribution in [0, 0.1) is 5.82 Å². The van der Waals surface area contributed by atoms with Crippen LogP contribution >= 0.6 is 11.3 Å². The van der Waals surface area contributed by atoms with Crippen molar-refractivity contribution in [3.05, 3.63) is 64.9 Å². The predicted octanol–water partition coefficient (Wildman–Crippen LogP) is 4.63. The number of nitrogens with zero attached hydrogens (tertiary/aromatic N) is 2. The van der Waals surface area contributed by atoms with Crippen molar-refractivity contribution in [1.82, 2.24) is 9.88 Å². The van der Waals surface area contributed by atoms with Gasteiger partial charge in [-0.25, -0.2) is 9.37 Å². The lowest BCUT2D eigenvalue weighted by Crippen LogP contribution is -2.21. The fourth-order valence-electron chi connectivity index (χ4n) is 2.36. The molecule has 1 atom stereocenters. The van der Waals surface area contributed by atoms with E-state index in [0.29, 0.717) is 0 Å². The van der Waals surface area contributed by atoms with Crippen molar-refractivity contribution >= 4 is 21.6 Å². The molecule has 0 amide bonds. The Labute approximate surface area is 127 Å². The summed E-state index contributed by atoms with van der Waals surface area (Å²) in [7, 11) is 2.04. The van der Waals surface area contributed by atoms with Gasteiger partial charge in [0.05, 0.1) is 16.8 Å². The minimum absolute atomic E-state index is 0.146. The van der Waals surface area contributed by atoms with Gasteiger partial charge in [-0.2, -0.15) is 0 Å². The van der Waals surface area contributed by atoms with Gasteiger partial charge in [-0.05, 0) is 43.8 Å². The lowest BCUT2D eigenvalue weighted by atomic mass is 10.1. The highest BCUT2D eigenvalue weighted by Gasteiger charge is 2.14. The third-order valence-electron chi connectivity index (χ3n) is 3.72. The second kappa shape index (κ2) is 5.92. The summed E-state index contributed by atoms with van der Waals surface area (Å²) in [5.41, 5.74) is 2.03. The first kappa shape index (κ1) is 14.2. The Morgan fingerprint density at radius 1 is 1.19 bits per heavy atom. The molecule has 4 heteroatoms. The summed E-state index contributed by atoms with van der Waals surface area (Å²) < 4.78 is 14.5. The monoisotopic (exact) mass is 300 g/mol. The topological polar surface area (TPSA) is 16.1 Å². The van der Waals surface area contributed by atoms with Gasteiger partial charge in [0.2, 0.25) is 0 Å². The van der Waals surface area contributed by atoms with Gasteiger partial charge < -0.3 is 0 Å². The molecule has 3 rings (SSSR count). The second-order valence-electron chi connectivity index (χ2n) is 5.22. The number of hydrogen-bond acceptors (Lipinski definition) is 3. The number of fused-ring (bicyclic) bond motifs is 1. The van der Waals surface area contributed by atoms with Gasteiger partial charge in [0, 0.05) is 6.04 Å². The van der Waals surface area contributed by atoms with Gasteiger partial charge in [0.1, 0.15) is 10.8 Å². The zero-order valence-corrected chi connectivity index (χ0v) is 12.9. The highest BCUT2D eigenvalue weighted by atomic mass is 32.1. The van der Waals surface area contributed by atoms with E-state index >= 15 is 0 Å². The van der Waals surface area contributed by atoms with E-state index in [1.807, 2.05) is 31.3 Å². The van der Waals surface area contributed by atoms with Gasteiger partial charge in [0.15, 0.2) is 0 Å². The van der Waals surface area contributed by atoms with Crippen molar-refractivity contribution in [1.29, 1.82) is 0 Å². The first-order valence-corrected chi connectivity index (χ1v) is 7.75. The van der Waals surface area contributed by atoms with Crippen molar-refractivity contribution in [2.45, 2.75) is 19.5 Å². The summed E-state index contributed by atoms with van der Waals surface area (Å²) in [4.78, 5) is 6.84. The number of thiazole rings is 1. The largest absolute Gasteiger partial charge is 0.293 e. The predicted molar refractivity (Wildman–Crippen MR) is 85.9 cm³/mol. The molecule has 0 saturated carbocycles. The van der Waals surface area contributed by atoms with Crippen LogP contribution in [0.25, 0.3) is 10.2 Å². The Kier molecular flexibility index (Phi) is 3.99. The molecule has 0 spiro atoms. The molecule has 0 N–H and O–H groups in total. The molecule has 1 aromatic heterocycles. The number of rotatable bonds is 4. The van der Waals surface area contributed by atoms with Crippen molar-refractivity contribution in [2.24, 2.45) is 0 Å². The van der Waals surface area contributed by atoms with Gasteiger partial charge >= 0.3 is 0 Å². The van der Waals surface area contributed by atoms with Crippen LogP contribution in [0.5, 0.6) is 0 Å². The number of aromatic nitrogens is 1. The normalized spacial score (nSPS) is 13.0. The Bertz CT molecular complexity index is 720. The molecule has 21 heavy (non-hydrogen) atoms. The van der Waals surface area contributed by atoms with Crippen LogP contribution in [0.3, 0.4) is 0 Å². The summed E-state index contributed by atoms with van der Waals surface area (Å²) in [5, 5.41) is 1.09. The third-order valence-corrected chi connectivity index (χ3v) is 4.74. The maximum absolute atomic E-state index is 13.3. The zero-order valence-electron chi connectivity index (χ0n) is 12.1. The van der Waals surface area contributed by atoms with E-state index in [-0.39, 0.29) is 11.9 Å². The highest BCUT2D eigenvalue weighted by molar-refractivity contribution is 7.18. The summed E-state index contributed by atoms with van der Waals surface area (Å²) >= 11 is 1.71. The quantitative estimate of drug-likeness (QED) is 0.698. The van der Waals surface area contributed by atoms with Crippen molar-refractivity contribution < 1.29 is 4.39 Å². The van der Waals surface area contributed by atoms with Crippen molar-refractivity contribution in [3.8, 4) is 0 Å². The van der Waals surface area contributed by atoms with Crippen molar-refractivity contribution in [2.75, 3.05) is 7.05 Å². The van der Waals surface area contributed by atoms with Crippen LogP contribution in [-0.4, -0.2) is 16.9 Å². The molecular weight excluding hydrogens is 283 g/mol. The minimum atomic E-state index is -0.187. The van der Waals surface area contributed by atoms with E-state index in [4.69, 9.17) is 0 Å². The summed E-state index contributed by atoms with van der Waals surface area (Å²) in [6, 6.07) is 15.1. The van der Waals surface area contributed by atoms with Gasteiger partial charge in [0.25, 0.3) is 0 Å². The third kappa shape index (κ3) is 3.12. The number of halogens is 1. The standard InChI is InChI=1S/C17H17FN2S/c1-12(13-6-5-7-14(18)10-13)20(2)11-17-19-15-8-3-4-9-16(15)21-17/h3-10,12H,11H2,1-2H3. The Balaban J connectivity index is 1.77. The molecular formula is C17H17FN2S. The van der Waals surface area contributed by atoms with Crippen LogP contribution in [0.1, 0.15) is 23.5 Å². The fraction of sp³-hybridized carbons (Fsp3) is 0.235. The maximum Gasteiger partial charge on any atom is 0.123 e. The van der Waals surface area contributed by atoms with E-state index in [9.17, 15) is 4.39 Å². The van der Waals surface area contributed by atoms with E-state index in [1.54, 1.807) is 23.5 Å². The van der Waals surface area contributed by atoms with E-state index in [0.717, 1.165) is 22.6 Å². The lowest BCUT2D eigenvalue weighted by molar-refractivity contribution is 0.252. The molecule has 0 radical (unpaired) electrons. The van der Waals surface area contributed by atoms with Gasteiger partial charge in [-0.1, -0.05) is 24.3 Å². The maximum atomic E-state index is 13.3. The molecule has 1 unspecified atom stereocenters. The Morgan fingerprint density at radius 3 is 2.76 bits per heavy atom. The number of para-hydroxylation sites is 1. The number of hydrogen-bond donors (Lipinski definition) is 0. The molecule has 0 aliphatic heterocycles.